The molecule has 1 aliphatic heterocycles. The minimum atomic E-state index is -0.981. The van der Waals surface area contributed by atoms with Crippen molar-refractivity contribution in [3.8, 4) is 0 Å². The maximum Gasteiger partial charge on any atom is 0.308 e. The number of carbonyl (C=O) groups is 2. The molecule has 122 valence electrons. The number of furan rings is 1. The number of nitrogens with one attached hydrogen (secondary N) is 1. The highest BCUT2D eigenvalue weighted by atomic mass is 19.1. The van der Waals surface area contributed by atoms with Gasteiger partial charge in [-0.15, -0.1) is 0 Å². The van der Waals surface area contributed by atoms with Gasteiger partial charge in [-0.25, -0.2) is 4.39 Å². The fourth-order valence-electron chi connectivity index (χ4n) is 2.84. The largest absolute Gasteiger partial charge is 0.481 e. The number of carbonyl (C=O) groups excluding carboxylic acids is 1. The summed E-state index contributed by atoms with van der Waals surface area (Å²) >= 11 is 0. The molecule has 1 aromatic heterocycles. The van der Waals surface area contributed by atoms with E-state index in [0.29, 0.717) is 24.0 Å². The van der Waals surface area contributed by atoms with Crippen LogP contribution in [0.15, 0.2) is 22.6 Å². The molecule has 1 aliphatic rings. The molecule has 0 bridgehead atoms. The van der Waals surface area contributed by atoms with Crippen molar-refractivity contribution in [2.45, 2.75) is 19.4 Å². The Labute approximate surface area is 131 Å². The summed E-state index contributed by atoms with van der Waals surface area (Å²) in [6.07, 6.45) is 0.327. The van der Waals surface area contributed by atoms with E-state index in [9.17, 15) is 19.1 Å². The normalized spacial score (nSPS) is 21.3. The number of benzene rings is 1. The molecule has 7 heteroatoms. The van der Waals surface area contributed by atoms with Crippen LogP contribution in [-0.4, -0.2) is 36.2 Å². The number of hydrogen-bond acceptors (Lipinski definition) is 4. The summed E-state index contributed by atoms with van der Waals surface area (Å²) in [4.78, 5) is 23.7. The van der Waals surface area contributed by atoms with E-state index in [-0.39, 0.29) is 18.0 Å². The number of amides is 1. The summed E-state index contributed by atoms with van der Waals surface area (Å²) in [7, 11) is 0. The predicted octanol–water partition coefficient (Wildman–Crippen LogP) is 2.10. The summed E-state index contributed by atoms with van der Waals surface area (Å²) < 4.78 is 24.3. The van der Waals surface area contributed by atoms with Gasteiger partial charge in [-0.05, 0) is 19.4 Å². The number of aliphatic carboxylic acids is 1. The van der Waals surface area contributed by atoms with Crippen molar-refractivity contribution >= 4 is 22.8 Å². The third kappa shape index (κ3) is 2.79. The molecule has 0 saturated carbocycles. The number of hydrogen-bond donors (Lipinski definition) is 2. The van der Waals surface area contributed by atoms with Crippen LogP contribution in [0, 0.1) is 18.7 Å². The van der Waals surface area contributed by atoms with Gasteiger partial charge in [-0.3, -0.25) is 9.59 Å². The fourth-order valence-corrected chi connectivity index (χ4v) is 2.84. The van der Waals surface area contributed by atoms with Crippen LogP contribution in [-0.2, 0) is 9.53 Å². The zero-order valence-corrected chi connectivity index (χ0v) is 12.5. The van der Waals surface area contributed by atoms with Crippen molar-refractivity contribution in [3.05, 3.63) is 35.3 Å². The van der Waals surface area contributed by atoms with Gasteiger partial charge in [0.25, 0.3) is 5.91 Å². The van der Waals surface area contributed by atoms with Gasteiger partial charge in [0.15, 0.2) is 17.2 Å². The average Bonchev–Trinajstić information content (AvgIpc) is 2.86. The van der Waals surface area contributed by atoms with Crippen LogP contribution in [0.3, 0.4) is 0 Å². The van der Waals surface area contributed by atoms with Gasteiger partial charge < -0.3 is 19.6 Å². The SMILES string of the molecule is Cc1c(C(=O)N[C@@H]2COCC[C@@H]2C(=O)O)oc2c(F)cccc12. The van der Waals surface area contributed by atoms with Crippen molar-refractivity contribution < 1.29 is 28.2 Å². The molecular weight excluding hydrogens is 305 g/mol. The highest BCUT2D eigenvalue weighted by molar-refractivity contribution is 5.99. The van der Waals surface area contributed by atoms with E-state index in [0.717, 1.165) is 0 Å². The molecule has 0 radical (unpaired) electrons. The van der Waals surface area contributed by atoms with Crippen molar-refractivity contribution in [1.29, 1.82) is 0 Å². The molecular formula is C16H16FNO5. The lowest BCUT2D eigenvalue weighted by molar-refractivity contribution is -0.146. The van der Waals surface area contributed by atoms with E-state index in [1.165, 1.54) is 12.1 Å². The first kappa shape index (κ1) is 15.5. The number of para-hydroxylation sites is 1. The van der Waals surface area contributed by atoms with Crippen molar-refractivity contribution in [3.63, 3.8) is 0 Å². The highest BCUT2D eigenvalue weighted by Gasteiger charge is 2.33. The van der Waals surface area contributed by atoms with E-state index in [1.807, 2.05) is 0 Å². The Kier molecular flexibility index (Phi) is 4.04. The van der Waals surface area contributed by atoms with Crippen LogP contribution in [0.25, 0.3) is 11.0 Å². The number of aryl methyl sites for hydroxylation is 1. The maximum atomic E-state index is 13.7. The van der Waals surface area contributed by atoms with Crippen LogP contribution >= 0.6 is 0 Å². The molecule has 1 fully saturated rings. The van der Waals surface area contributed by atoms with Crippen LogP contribution in [0.5, 0.6) is 0 Å². The number of ether oxygens (including phenoxy) is 1. The first-order valence-corrected chi connectivity index (χ1v) is 7.28. The maximum absolute atomic E-state index is 13.7. The Morgan fingerprint density at radius 1 is 1.39 bits per heavy atom. The second-order valence-corrected chi connectivity index (χ2v) is 5.56. The van der Waals surface area contributed by atoms with Gasteiger partial charge >= 0.3 is 5.97 Å². The molecule has 2 atom stereocenters. The van der Waals surface area contributed by atoms with Crippen molar-refractivity contribution in [1.82, 2.24) is 5.32 Å². The number of carboxylic acids is 1. The first-order chi connectivity index (χ1) is 11.0. The zero-order chi connectivity index (χ0) is 16.6. The first-order valence-electron chi connectivity index (χ1n) is 7.28. The second kappa shape index (κ2) is 6.00. The number of halogens is 1. The second-order valence-electron chi connectivity index (χ2n) is 5.56. The predicted molar refractivity (Wildman–Crippen MR) is 78.7 cm³/mol. The summed E-state index contributed by atoms with van der Waals surface area (Å²) in [6, 6.07) is 3.81. The molecule has 0 unspecified atom stereocenters. The van der Waals surface area contributed by atoms with E-state index < -0.39 is 29.7 Å². The molecule has 2 N–H and O–H groups in total. The minimum Gasteiger partial charge on any atom is -0.481 e. The van der Waals surface area contributed by atoms with Gasteiger partial charge in [-0.2, -0.15) is 0 Å². The molecule has 2 heterocycles. The standard InChI is InChI=1S/C16H16FNO5/c1-8-9-3-2-4-11(17)14(9)23-13(8)15(19)18-12-7-22-6-5-10(12)16(20)21/h2-4,10,12H,5-7H2,1H3,(H,18,19)(H,20,21)/t10-,12+/m0/s1. The summed E-state index contributed by atoms with van der Waals surface area (Å²) in [6.45, 7) is 2.13. The summed E-state index contributed by atoms with van der Waals surface area (Å²) in [5.74, 6) is -2.83. The van der Waals surface area contributed by atoms with Gasteiger partial charge in [0.05, 0.1) is 18.6 Å². The van der Waals surface area contributed by atoms with Crippen LogP contribution < -0.4 is 5.32 Å². The van der Waals surface area contributed by atoms with E-state index in [2.05, 4.69) is 5.32 Å². The van der Waals surface area contributed by atoms with Gasteiger partial charge in [0.1, 0.15) is 0 Å². The van der Waals surface area contributed by atoms with Crippen molar-refractivity contribution in [2.24, 2.45) is 5.92 Å². The summed E-state index contributed by atoms with van der Waals surface area (Å²) in [5.41, 5.74) is 0.533. The van der Waals surface area contributed by atoms with Gasteiger partial charge in [-0.1, -0.05) is 12.1 Å². The number of carboxylic acid groups (broad SMARTS) is 1. The molecule has 1 saturated heterocycles. The molecule has 23 heavy (non-hydrogen) atoms. The molecule has 3 rings (SSSR count). The molecule has 1 aromatic carbocycles. The molecule has 2 aromatic rings. The zero-order valence-electron chi connectivity index (χ0n) is 12.5. The molecule has 1 amide bonds. The molecule has 0 spiro atoms. The lowest BCUT2D eigenvalue weighted by Gasteiger charge is -2.29. The van der Waals surface area contributed by atoms with Gasteiger partial charge in [0, 0.05) is 17.6 Å². The summed E-state index contributed by atoms with van der Waals surface area (Å²) in [5, 5.41) is 12.4. The smallest absolute Gasteiger partial charge is 0.308 e. The Morgan fingerprint density at radius 2 is 2.17 bits per heavy atom. The lowest BCUT2D eigenvalue weighted by atomic mass is 9.95. The van der Waals surface area contributed by atoms with Crippen LogP contribution in [0.4, 0.5) is 4.39 Å². The van der Waals surface area contributed by atoms with Crippen molar-refractivity contribution in [2.75, 3.05) is 13.2 Å². The topological polar surface area (TPSA) is 88.8 Å². The molecule has 6 nitrogen and oxygen atoms in total. The number of fused-ring (bicyclic) bond motifs is 1. The fraction of sp³-hybridized carbons (Fsp3) is 0.375. The van der Waals surface area contributed by atoms with E-state index in [1.54, 1.807) is 13.0 Å². The third-order valence-corrected chi connectivity index (χ3v) is 4.11. The Hall–Kier alpha value is -2.41. The third-order valence-electron chi connectivity index (χ3n) is 4.11. The van der Waals surface area contributed by atoms with Crippen LogP contribution in [0.1, 0.15) is 22.5 Å². The van der Waals surface area contributed by atoms with E-state index >= 15 is 0 Å². The van der Waals surface area contributed by atoms with Crippen LogP contribution in [0.2, 0.25) is 0 Å². The highest BCUT2D eigenvalue weighted by Crippen LogP contribution is 2.27. The lowest BCUT2D eigenvalue weighted by Crippen LogP contribution is -2.49. The number of rotatable bonds is 3. The molecule has 0 aliphatic carbocycles. The van der Waals surface area contributed by atoms with Gasteiger partial charge in [0.2, 0.25) is 0 Å². The van der Waals surface area contributed by atoms with E-state index in [4.69, 9.17) is 9.15 Å². The Morgan fingerprint density at radius 3 is 2.87 bits per heavy atom. The Balaban J connectivity index is 1.87. The minimum absolute atomic E-state index is 0.0141. The quantitative estimate of drug-likeness (QED) is 0.904. The monoisotopic (exact) mass is 321 g/mol. The average molecular weight is 321 g/mol. The Bertz CT molecular complexity index is 769.